The monoisotopic (exact) mass is 474 g/mol. The van der Waals surface area contributed by atoms with Crippen molar-refractivity contribution in [3.63, 3.8) is 0 Å². The molecule has 2 fully saturated rings. The third-order valence-electron chi connectivity index (χ3n) is 7.20. The van der Waals surface area contributed by atoms with Crippen LogP contribution in [0.2, 0.25) is 0 Å². The first-order valence-electron chi connectivity index (χ1n) is 12.1. The largest absolute Gasteiger partial charge is 0.370 e. The number of hydrogen-bond donors (Lipinski definition) is 2. The molecule has 2 heterocycles. The smallest absolute Gasteiger partial charge is 0.242 e. The number of anilines is 2. The summed E-state index contributed by atoms with van der Waals surface area (Å²) < 4.78 is -0.234. The predicted octanol–water partition coefficient (Wildman–Crippen LogP) is 5.10. The van der Waals surface area contributed by atoms with Crippen LogP contribution in [0.15, 0.2) is 66.7 Å². The fraction of sp³-hybridized carbons (Fsp3) is 0.393. The number of likely N-dealkylation sites (N-methyl/N-ethyl adjacent to an activating group) is 1. The van der Waals surface area contributed by atoms with Gasteiger partial charge >= 0.3 is 0 Å². The molecule has 0 saturated carbocycles. The normalized spacial score (nSPS) is 24.1. The number of amides is 1. The Kier molecular flexibility index (Phi) is 6.32. The topological polar surface area (TPSA) is 47.6 Å². The highest BCUT2D eigenvalue weighted by Gasteiger charge is 2.45. The molecule has 34 heavy (non-hydrogen) atoms. The maximum Gasteiger partial charge on any atom is 0.242 e. The van der Waals surface area contributed by atoms with E-state index in [1.165, 1.54) is 28.4 Å². The molecule has 0 spiro atoms. The van der Waals surface area contributed by atoms with Gasteiger partial charge in [-0.1, -0.05) is 42.5 Å². The van der Waals surface area contributed by atoms with Gasteiger partial charge in [-0.05, 0) is 75.0 Å². The summed E-state index contributed by atoms with van der Waals surface area (Å²) in [7, 11) is 4.29. The van der Waals surface area contributed by atoms with Crippen molar-refractivity contribution in [3.8, 4) is 0 Å². The molecule has 2 saturated heterocycles. The molecule has 2 aliphatic heterocycles. The molecule has 5 nitrogen and oxygen atoms in total. The molecule has 1 amide bonds. The zero-order chi connectivity index (χ0) is 23.9. The number of rotatable bonds is 5. The van der Waals surface area contributed by atoms with Crippen molar-refractivity contribution in [1.82, 2.24) is 10.2 Å². The number of hydrogen-bond acceptors (Lipinski definition) is 5. The van der Waals surface area contributed by atoms with E-state index in [0.717, 1.165) is 18.8 Å². The average molecular weight is 475 g/mol. The molecular weight excluding hydrogens is 440 g/mol. The second kappa shape index (κ2) is 9.25. The minimum atomic E-state index is -0.291. The van der Waals surface area contributed by atoms with Crippen LogP contribution in [0.3, 0.4) is 0 Å². The summed E-state index contributed by atoms with van der Waals surface area (Å²) in [6.07, 6.45) is 1.18. The van der Waals surface area contributed by atoms with Crippen LogP contribution in [-0.4, -0.2) is 54.8 Å². The second-order valence-corrected chi connectivity index (χ2v) is 11.9. The van der Waals surface area contributed by atoms with Gasteiger partial charge in [-0.25, -0.2) is 0 Å². The zero-order valence-corrected chi connectivity index (χ0v) is 21.2. The van der Waals surface area contributed by atoms with Crippen LogP contribution in [-0.2, 0) is 4.79 Å². The summed E-state index contributed by atoms with van der Waals surface area (Å²) in [6, 6.07) is 23.4. The van der Waals surface area contributed by atoms with E-state index in [1.54, 1.807) is 0 Å². The van der Waals surface area contributed by atoms with Crippen LogP contribution < -0.4 is 15.5 Å². The van der Waals surface area contributed by atoms with Crippen molar-refractivity contribution >= 4 is 39.8 Å². The first-order chi connectivity index (χ1) is 16.3. The van der Waals surface area contributed by atoms with Crippen molar-refractivity contribution in [2.45, 2.75) is 42.5 Å². The number of benzene rings is 3. The van der Waals surface area contributed by atoms with Crippen LogP contribution in [0.1, 0.15) is 31.2 Å². The molecular formula is C28H34N4OS. The molecule has 2 aliphatic rings. The molecule has 3 atom stereocenters. The summed E-state index contributed by atoms with van der Waals surface area (Å²) in [5.41, 5.74) is 3.29. The fourth-order valence-corrected chi connectivity index (χ4v) is 6.60. The molecule has 0 radical (unpaired) electrons. The molecule has 0 aromatic heterocycles. The van der Waals surface area contributed by atoms with Crippen LogP contribution in [0.5, 0.6) is 0 Å². The quantitative estimate of drug-likeness (QED) is 0.539. The number of thioether (sulfide) groups is 1. The van der Waals surface area contributed by atoms with E-state index in [1.807, 2.05) is 23.9 Å². The molecule has 0 aliphatic carbocycles. The molecule has 0 bridgehead atoms. The van der Waals surface area contributed by atoms with Gasteiger partial charge in [0.2, 0.25) is 5.91 Å². The minimum Gasteiger partial charge on any atom is -0.370 e. The van der Waals surface area contributed by atoms with Crippen molar-refractivity contribution in [2.24, 2.45) is 0 Å². The molecule has 178 valence electrons. The first-order valence-corrected chi connectivity index (χ1v) is 12.9. The SMILES string of the molecule is CN(C)C1CCN(c2ccc(NC(=O)C3NC(c4cccc5ccccc45)SC3(C)C)cc2)C1. The maximum absolute atomic E-state index is 13.3. The lowest BCUT2D eigenvalue weighted by Gasteiger charge is -2.24. The van der Waals surface area contributed by atoms with Gasteiger partial charge in [0.25, 0.3) is 0 Å². The first kappa shape index (κ1) is 23.2. The lowest BCUT2D eigenvalue weighted by Crippen LogP contribution is -2.46. The van der Waals surface area contributed by atoms with Crippen LogP contribution in [0, 0.1) is 0 Å². The average Bonchev–Trinajstić information content (AvgIpc) is 3.44. The number of nitrogens with one attached hydrogen (secondary N) is 2. The predicted molar refractivity (Wildman–Crippen MR) is 145 cm³/mol. The van der Waals surface area contributed by atoms with E-state index in [-0.39, 0.29) is 22.1 Å². The zero-order valence-electron chi connectivity index (χ0n) is 20.4. The van der Waals surface area contributed by atoms with Gasteiger partial charge in [-0.2, -0.15) is 0 Å². The van der Waals surface area contributed by atoms with Gasteiger partial charge in [-0.3, -0.25) is 10.1 Å². The third kappa shape index (κ3) is 4.54. The summed E-state index contributed by atoms with van der Waals surface area (Å²) in [4.78, 5) is 18.0. The van der Waals surface area contributed by atoms with Gasteiger partial charge in [0, 0.05) is 35.3 Å². The Labute approximate surface area is 206 Å². The summed E-state index contributed by atoms with van der Waals surface area (Å²) in [6.45, 7) is 6.42. The maximum atomic E-state index is 13.3. The Bertz CT molecular complexity index is 1170. The molecule has 3 aromatic rings. The van der Waals surface area contributed by atoms with Gasteiger partial charge in [0.05, 0.1) is 5.37 Å². The van der Waals surface area contributed by atoms with Crippen molar-refractivity contribution in [1.29, 1.82) is 0 Å². The summed E-state index contributed by atoms with van der Waals surface area (Å²) in [5.74, 6) is 0.0156. The van der Waals surface area contributed by atoms with Crippen LogP contribution in [0.25, 0.3) is 10.8 Å². The Balaban J connectivity index is 1.27. The standard InChI is InChI=1S/C28H34N4OS/c1-28(2)25(30-27(34-28)24-11-7-9-19-8-5-6-10-23(19)24)26(33)29-20-12-14-21(15-13-20)32-17-16-22(18-32)31(3)4/h5-15,22,25,27,30H,16-18H2,1-4H3,(H,29,33). The lowest BCUT2D eigenvalue weighted by molar-refractivity contribution is -0.118. The minimum absolute atomic E-state index is 0.0156. The second-order valence-electron chi connectivity index (χ2n) is 10.2. The van der Waals surface area contributed by atoms with Crippen molar-refractivity contribution in [3.05, 3.63) is 72.3 Å². The summed E-state index contributed by atoms with van der Waals surface area (Å²) >= 11 is 1.82. The van der Waals surface area contributed by atoms with Gasteiger partial charge in [0.1, 0.15) is 6.04 Å². The third-order valence-corrected chi connectivity index (χ3v) is 8.67. The van der Waals surface area contributed by atoms with Crippen molar-refractivity contribution < 1.29 is 4.79 Å². The van der Waals surface area contributed by atoms with E-state index in [4.69, 9.17) is 0 Å². The van der Waals surface area contributed by atoms with Gasteiger partial charge in [-0.15, -0.1) is 11.8 Å². The Hall–Kier alpha value is -2.54. The number of fused-ring (bicyclic) bond motifs is 1. The fourth-order valence-electron chi connectivity index (χ4n) is 5.15. The Morgan fingerprint density at radius 1 is 1.06 bits per heavy atom. The van der Waals surface area contributed by atoms with Gasteiger partial charge in [0.15, 0.2) is 0 Å². The van der Waals surface area contributed by atoms with Crippen molar-refractivity contribution in [2.75, 3.05) is 37.4 Å². The molecule has 6 heteroatoms. The highest BCUT2D eigenvalue weighted by atomic mass is 32.2. The lowest BCUT2D eigenvalue weighted by atomic mass is 10.0. The van der Waals surface area contributed by atoms with E-state index in [0.29, 0.717) is 6.04 Å². The number of carbonyl (C=O) groups is 1. The van der Waals surface area contributed by atoms with E-state index in [9.17, 15) is 4.79 Å². The van der Waals surface area contributed by atoms with Crippen LogP contribution in [0.4, 0.5) is 11.4 Å². The van der Waals surface area contributed by atoms with E-state index < -0.39 is 0 Å². The molecule has 5 rings (SSSR count). The summed E-state index contributed by atoms with van der Waals surface area (Å²) in [5, 5.41) is 9.30. The highest BCUT2D eigenvalue weighted by Crippen LogP contribution is 2.47. The number of nitrogens with zero attached hydrogens (tertiary/aromatic N) is 2. The molecule has 3 unspecified atom stereocenters. The highest BCUT2D eigenvalue weighted by molar-refractivity contribution is 8.01. The number of carbonyl (C=O) groups excluding carboxylic acids is 1. The van der Waals surface area contributed by atoms with E-state index >= 15 is 0 Å². The van der Waals surface area contributed by atoms with Gasteiger partial charge < -0.3 is 15.1 Å². The van der Waals surface area contributed by atoms with E-state index in [2.05, 4.69) is 103 Å². The Morgan fingerprint density at radius 2 is 1.79 bits per heavy atom. The molecule has 2 N–H and O–H groups in total. The Morgan fingerprint density at radius 3 is 2.53 bits per heavy atom. The van der Waals surface area contributed by atoms with Crippen LogP contribution >= 0.6 is 11.8 Å². The molecule has 3 aromatic carbocycles.